The summed E-state index contributed by atoms with van der Waals surface area (Å²) in [5.41, 5.74) is 0. The minimum Gasteiger partial charge on any atom is -0.381 e. The normalized spacial score (nSPS) is 21.3. The number of carbonyl (C=O) groups is 1. The Balaban J connectivity index is 1.89. The second-order valence-corrected chi connectivity index (χ2v) is 3.97. The van der Waals surface area contributed by atoms with Crippen LogP contribution in [0.3, 0.4) is 0 Å². The van der Waals surface area contributed by atoms with E-state index < -0.39 is 0 Å². The van der Waals surface area contributed by atoms with E-state index >= 15 is 0 Å². The quantitative estimate of drug-likeness (QED) is 0.639. The van der Waals surface area contributed by atoms with Gasteiger partial charge in [0.05, 0.1) is 6.61 Å². The van der Waals surface area contributed by atoms with Gasteiger partial charge in [0.1, 0.15) is 0 Å². The first kappa shape index (κ1) is 12.5. The average Bonchev–Trinajstić information content (AvgIpc) is 2.29. The van der Waals surface area contributed by atoms with E-state index in [1.165, 1.54) is 19.3 Å². The summed E-state index contributed by atoms with van der Waals surface area (Å²) in [5.74, 6) is 0.0470. The van der Waals surface area contributed by atoms with Gasteiger partial charge in [-0.05, 0) is 25.8 Å². The van der Waals surface area contributed by atoms with Crippen molar-refractivity contribution in [1.82, 2.24) is 10.6 Å². The van der Waals surface area contributed by atoms with E-state index in [9.17, 15) is 4.79 Å². The molecule has 0 saturated carbocycles. The number of carbonyl (C=O) groups excluding carboxylic acids is 1. The average molecular weight is 214 g/mol. The lowest BCUT2D eigenvalue weighted by Gasteiger charge is -2.23. The van der Waals surface area contributed by atoms with E-state index in [1.807, 2.05) is 0 Å². The third-order valence-corrected chi connectivity index (χ3v) is 2.78. The van der Waals surface area contributed by atoms with Crippen LogP contribution in [0.25, 0.3) is 0 Å². The van der Waals surface area contributed by atoms with Gasteiger partial charge in [-0.3, -0.25) is 4.79 Å². The van der Waals surface area contributed by atoms with Crippen molar-refractivity contribution in [3.8, 4) is 0 Å². The zero-order valence-corrected chi connectivity index (χ0v) is 9.55. The van der Waals surface area contributed by atoms with E-state index in [2.05, 4.69) is 10.6 Å². The minimum atomic E-state index is 0.0470. The van der Waals surface area contributed by atoms with Gasteiger partial charge in [-0.2, -0.15) is 0 Å². The Hall–Kier alpha value is -0.610. The molecular formula is C11H22N2O2. The maximum Gasteiger partial charge on any atom is 0.222 e. The fourth-order valence-corrected chi connectivity index (χ4v) is 1.79. The molecule has 4 nitrogen and oxygen atoms in total. The molecule has 0 bridgehead atoms. The fourth-order valence-electron chi connectivity index (χ4n) is 1.79. The molecule has 1 aliphatic rings. The lowest BCUT2D eigenvalue weighted by atomic mass is 10.0. The van der Waals surface area contributed by atoms with Crippen molar-refractivity contribution in [3.05, 3.63) is 0 Å². The smallest absolute Gasteiger partial charge is 0.222 e. The molecule has 1 atom stereocenters. The highest BCUT2D eigenvalue weighted by molar-refractivity contribution is 5.75. The Morgan fingerprint density at radius 2 is 2.33 bits per heavy atom. The van der Waals surface area contributed by atoms with Crippen LogP contribution in [0.15, 0.2) is 0 Å². The van der Waals surface area contributed by atoms with Gasteiger partial charge in [-0.1, -0.05) is 6.42 Å². The van der Waals surface area contributed by atoms with Gasteiger partial charge in [-0.25, -0.2) is 0 Å². The molecule has 0 aromatic heterocycles. The first-order chi connectivity index (χ1) is 7.33. The van der Waals surface area contributed by atoms with Crippen molar-refractivity contribution in [3.63, 3.8) is 0 Å². The lowest BCUT2D eigenvalue weighted by Crippen LogP contribution is -2.34. The molecule has 1 heterocycles. The molecule has 0 aromatic carbocycles. The van der Waals surface area contributed by atoms with Crippen LogP contribution in [0, 0.1) is 0 Å². The molecular weight excluding hydrogens is 192 g/mol. The summed E-state index contributed by atoms with van der Waals surface area (Å²) < 4.78 is 5.41. The lowest BCUT2D eigenvalue weighted by molar-refractivity contribution is -0.121. The molecule has 88 valence electrons. The van der Waals surface area contributed by atoms with E-state index in [0.717, 1.165) is 19.6 Å². The van der Waals surface area contributed by atoms with Crippen LogP contribution in [0.2, 0.25) is 0 Å². The SMILES string of the molecule is CNC(=O)CCOCCC1CCCCN1. The van der Waals surface area contributed by atoms with Crippen LogP contribution < -0.4 is 10.6 Å². The summed E-state index contributed by atoms with van der Waals surface area (Å²) in [5, 5.41) is 6.04. The topological polar surface area (TPSA) is 50.4 Å². The number of piperidine rings is 1. The molecule has 0 radical (unpaired) electrons. The minimum absolute atomic E-state index is 0.0470. The summed E-state index contributed by atoms with van der Waals surface area (Å²) in [4.78, 5) is 10.9. The number of amides is 1. The molecule has 0 aliphatic carbocycles. The Labute approximate surface area is 91.8 Å². The monoisotopic (exact) mass is 214 g/mol. The van der Waals surface area contributed by atoms with Crippen molar-refractivity contribution in [2.24, 2.45) is 0 Å². The summed E-state index contributed by atoms with van der Waals surface area (Å²) in [6, 6.07) is 0.624. The van der Waals surface area contributed by atoms with E-state index in [4.69, 9.17) is 4.74 Å². The van der Waals surface area contributed by atoms with Gasteiger partial charge in [0.2, 0.25) is 5.91 Å². The maximum absolute atomic E-state index is 10.9. The Morgan fingerprint density at radius 3 is 3.00 bits per heavy atom. The molecule has 1 saturated heterocycles. The summed E-state index contributed by atoms with van der Waals surface area (Å²) in [7, 11) is 1.65. The van der Waals surface area contributed by atoms with Gasteiger partial charge >= 0.3 is 0 Å². The number of rotatable bonds is 6. The molecule has 1 unspecified atom stereocenters. The standard InChI is InChI=1S/C11H22N2O2/c1-12-11(14)6-9-15-8-5-10-4-2-3-7-13-10/h10,13H,2-9H2,1H3,(H,12,14). The molecule has 1 rings (SSSR count). The van der Waals surface area contributed by atoms with Crippen molar-refractivity contribution < 1.29 is 9.53 Å². The zero-order valence-electron chi connectivity index (χ0n) is 9.55. The highest BCUT2D eigenvalue weighted by Crippen LogP contribution is 2.09. The zero-order chi connectivity index (χ0) is 10.9. The molecule has 1 aliphatic heterocycles. The third-order valence-electron chi connectivity index (χ3n) is 2.78. The Bertz CT molecular complexity index is 179. The number of hydrogen-bond acceptors (Lipinski definition) is 3. The number of hydrogen-bond donors (Lipinski definition) is 2. The Kier molecular flexibility index (Phi) is 6.36. The van der Waals surface area contributed by atoms with Crippen LogP contribution in [0.1, 0.15) is 32.1 Å². The largest absolute Gasteiger partial charge is 0.381 e. The third kappa shape index (κ3) is 5.74. The predicted molar refractivity (Wildman–Crippen MR) is 59.8 cm³/mol. The number of nitrogens with one attached hydrogen (secondary N) is 2. The highest BCUT2D eigenvalue weighted by Gasteiger charge is 2.11. The van der Waals surface area contributed by atoms with Crippen LogP contribution in [0.4, 0.5) is 0 Å². The van der Waals surface area contributed by atoms with Crippen molar-refractivity contribution >= 4 is 5.91 Å². The maximum atomic E-state index is 10.9. The first-order valence-corrected chi connectivity index (χ1v) is 5.84. The van der Waals surface area contributed by atoms with E-state index in [-0.39, 0.29) is 5.91 Å². The van der Waals surface area contributed by atoms with Crippen LogP contribution >= 0.6 is 0 Å². The molecule has 0 spiro atoms. The molecule has 15 heavy (non-hydrogen) atoms. The van der Waals surface area contributed by atoms with Crippen LogP contribution in [0.5, 0.6) is 0 Å². The number of ether oxygens (including phenoxy) is 1. The second kappa shape index (κ2) is 7.65. The molecule has 1 amide bonds. The summed E-state index contributed by atoms with van der Waals surface area (Å²) >= 11 is 0. The van der Waals surface area contributed by atoms with Gasteiger partial charge in [0.15, 0.2) is 0 Å². The van der Waals surface area contributed by atoms with Crippen molar-refractivity contribution in [2.45, 2.75) is 38.1 Å². The molecule has 1 fully saturated rings. The highest BCUT2D eigenvalue weighted by atomic mass is 16.5. The second-order valence-electron chi connectivity index (χ2n) is 3.97. The van der Waals surface area contributed by atoms with Crippen LogP contribution in [-0.2, 0) is 9.53 Å². The Morgan fingerprint density at radius 1 is 1.47 bits per heavy atom. The van der Waals surface area contributed by atoms with Crippen molar-refractivity contribution in [2.75, 3.05) is 26.8 Å². The molecule has 0 aromatic rings. The fraction of sp³-hybridized carbons (Fsp3) is 0.909. The van der Waals surface area contributed by atoms with Gasteiger partial charge in [0, 0.05) is 26.1 Å². The first-order valence-electron chi connectivity index (χ1n) is 5.84. The summed E-state index contributed by atoms with van der Waals surface area (Å²) in [6.45, 7) is 2.43. The van der Waals surface area contributed by atoms with E-state index in [1.54, 1.807) is 7.05 Å². The van der Waals surface area contributed by atoms with Gasteiger partial charge in [-0.15, -0.1) is 0 Å². The van der Waals surface area contributed by atoms with Crippen LogP contribution in [-0.4, -0.2) is 38.8 Å². The van der Waals surface area contributed by atoms with E-state index in [0.29, 0.717) is 19.1 Å². The molecule has 2 N–H and O–H groups in total. The summed E-state index contributed by atoms with van der Waals surface area (Å²) in [6.07, 6.45) is 5.42. The molecule has 4 heteroatoms. The van der Waals surface area contributed by atoms with Gasteiger partial charge in [0.25, 0.3) is 0 Å². The van der Waals surface area contributed by atoms with Gasteiger partial charge < -0.3 is 15.4 Å². The predicted octanol–water partition coefficient (Wildman–Crippen LogP) is 0.671. The van der Waals surface area contributed by atoms with Crippen molar-refractivity contribution in [1.29, 1.82) is 0 Å².